The Hall–Kier alpha value is -2.81. The van der Waals surface area contributed by atoms with Crippen molar-refractivity contribution in [2.24, 2.45) is 0 Å². The smallest absolute Gasteiger partial charge is 0.747 e. The Morgan fingerprint density at radius 1 is 0.973 bits per heavy atom. The molecule has 0 aromatic heterocycles. The molecule has 1 aliphatic heterocycles. The molecule has 0 spiro atoms. The first-order chi connectivity index (χ1) is 17.1. The van der Waals surface area contributed by atoms with E-state index in [0.717, 1.165) is 16.7 Å². The standard InChI is InChI=1S/C26H23NO8S.Na/c28-21-15-22(36(32,33)34)25(31)26(21)35-24(30)12-6-5-11-23(29)27-16-19-9-2-1-7-17(19)13-14-18-8-3-4-10-20(18)27;/h1-4,7-10,22,26H,5-6,11-12,15-16H2,(H,32,33,34);/q;+1/p-1. The molecule has 0 bridgehead atoms. The van der Waals surface area contributed by atoms with Crippen molar-refractivity contribution in [3.05, 3.63) is 65.2 Å². The van der Waals surface area contributed by atoms with E-state index in [9.17, 15) is 32.1 Å². The summed E-state index contributed by atoms with van der Waals surface area (Å²) in [6.45, 7) is 0.346. The molecule has 1 fully saturated rings. The number of unbranched alkanes of at least 4 members (excludes halogenated alkanes) is 1. The van der Waals surface area contributed by atoms with Crippen molar-refractivity contribution in [3.63, 3.8) is 0 Å². The van der Waals surface area contributed by atoms with Crippen LogP contribution in [0.4, 0.5) is 5.69 Å². The van der Waals surface area contributed by atoms with Crippen LogP contribution in [-0.4, -0.2) is 47.8 Å². The molecule has 11 heteroatoms. The summed E-state index contributed by atoms with van der Waals surface area (Å²) in [5, 5.41) is -2.02. The number of fused-ring (bicyclic) bond motifs is 2. The summed E-state index contributed by atoms with van der Waals surface area (Å²) in [5.74, 6) is 3.13. The number of carbonyl (C=O) groups excluding carboxylic acids is 4. The van der Waals surface area contributed by atoms with Gasteiger partial charge in [0.1, 0.15) is 15.4 Å². The summed E-state index contributed by atoms with van der Waals surface area (Å²) in [6.07, 6.45) is -2.12. The maximum absolute atomic E-state index is 13.2. The Kier molecular flexibility index (Phi) is 9.45. The van der Waals surface area contributed by atoms with Crippen molar-refractivity contribution >= 4 is 39.2 Å². The van der Waals surface area contributed by atoms with E-state index in [-0.39, 0.29) is 54.7 Å². The number of ether oxygens (including phenoxy) is 1. The van der Waals surface area contributed by atoms with E-state index in [1.165, 1.54) is 0 Å². The normalized spacial score (nSPS) is 18.4. The van der Waals surface area contributed by atoms with Crippen molar-refractivity contribution in [3.8, 4) is 11.8 Å². The minimum absolute atomic E-state index is 0. The van der Waals surface area contributed by atoms with Gasteiger partial charge in [0.25, 0.3) is 0 Å². The quantitative estimate of drug-likeness (QED) is 0.109. The predicted octanol–water partition coefficient (Wildman–Crippen LogP) is -1.14. The molecule has 9 nitrogen and oxygen atoms in total. The Balaban J connectivity index is 0.00000380. The summed E-state index contributed by atoms with van der Waals surface area (Å²) in [4.78, 5) is 50.8. The fourth-order valence-electron chi connectivity index (χ4n) is 4.16. The van der Waals surface area contributed by atoms with E-state index in [0.29, 0.717) is 18.7 Å². The third-order valence-electron chi connectivity index (χ3n) is 6.05. The molecular weight excluding hydrogens is 509 g/mol. The van der Waals surface area contributed by atoms with E-state index in [1.54, 1.807) is 4.90 Å². The molecule has 2 aliphatic rings. The maximum atomic E-state index is 13.2. The van der Waals surface area contributed by atoms with Crippen LogP contribution >= 0.6 is 0 Å². The van der Waals surface area contributed by atoms with Crippen LogP contribution in [0.25, 0.3) is 0 Å². The third-order valence-corrected chi connectivity index (χ3v) is 7.14. The number of ketones is 2. The van der Waals surface area contributed by atoms with Crippen LogP contribution in [0.1, 0.15) is 48.8 Å². The number of esters is 1. The number of Topliss-reactive ketones (excluding diaryl/α,β-unsaturated/α-hetero) is 2. The molecular formula is C26H22NNaO8S. The fraction of sp³-hybridized carbons (Fsp3) is 0.308. The van der Waals surface area contributed by atoms with Crippen LogP contribution in [0.5, 0.6) is 0 Å². The molecule has 186 valence electrons. The zero-order valence-corrected chi connectivity index (χ0v) is 23.0. The van der Waals surface area contributed by atoms with E-state index in [4.69, 9.17) is 4.74 Å². The molecule has 0 radical (unpaired) electrons. The number of amides is 1. The van der Waals surface area contributed by atoms with Crippen molar-refractivity contribution in [2.75, 3.05) is 4.90 Å². The second kappa shape index (κ2) is 12.2. The van der Waals surface area contributed by atoms with Crippen LogP contribution in [0, 0.1) is 11.8 Å². The number of rotatable bonds is 7. The Labute approximate surface area is 236 Å². The van der Waals surface area contributed by atoms with Crippen LogP contribution < -0.4 is 34.5 Å². The molecule has 1 amide bonds. The zero-order valence-electron chi connectivity index (χ0n) is 20.1. The summed E-state index contributed by atoms with van der Waals surface area (Å²) >= 11 is 0. The van der Waals surface area contributed by atoms with Gasteiger partial charge in [-0.15, -0.1) is 0 Å². The first-order valence-corrected chi connectivity index (χ1v) is 12.8. The number of carbonyl (C=O) groups is 4. The van der Waals surface area contributed by atoms with Gasteiger partial charge in [0.15, 0.2) is 11.6 Å². The van der Waals surface area contributed by atoms with Gasteiger partial charge in [-0.1, -0.05) is 42.2 Å². The Morgan fingerprint density at radius 2 is 1.59 bits per heavy atom. The first-order valence-electron chi connectivity index (χ1n) is 11.3. The fourth-order valence-corrected chi connectivity index (χ4v) is 4.94. The number of anilines is 1. The van der Waals surface area contributed by atoms with Crippen molar-refractivity contribution in [1.29, 1.82) is 0 Å². The Morgan fingerprint density at radius 3 is 2.30 bits per heavy atom. The second-order valence-electron chi connectivity index (χ2n) is 8.54. The summed E-state index contributed by atoms with van der Waals surface area (Å²) < 4.78 is 38.1. The zero-order chi connectivity index (χ0) is 25.9. The predicted molar refractivity (Wildman–Crippen MR) is 127 cm³/mol. The molecule has 2 atom stereocenters. The summed E-state index contributed by atoms with van der Waals surface area (Å²) in [5.41, 5.74) is 3.19. The van der Waals surface area contributed by atoms with E-state index < -0.39 is 45.4 Å². The van der Waals surface area contributed by atoms with Gasteiger partial charge >= 0.3 is 35.5 Å². The van der Waals surface area contributed by atoms with E-state index in [1.807, 2.05) is 48.5 Å². The second-order valence-corrected chi connectivity index (χ2v) is 10.1. The van der Waals surface area contributed by atoms with Crippen molar-refractivity contribution in [1.82, 2.24) is 0 Å². The van der Waals surface area contributed by atoms with Gasteiger partial charge in [-0.3, -0.25) is 19.2 Å². The average molecular weight is 532 g/mol. The molecule has 4 rings (SSSR count). The molecule has 1 saturated carbocycles. The Bertz CT molecular complexity index is 1410. The van der Waals surface area contributed by atoms with Gasteiger partial charge in [0.2, 0.25) is 12.0 Å². The van der Waals surface area contributed by atoms with Gasteiger partial charge in [-0.05, 0) is 36.6 Å². The number of hydrogen-bond acceptors (Lipinski definition) is 8. The number of hydrogen-bond donors (Lipinski definition) is 0. The molecule has 37 heavy (non-hydrogen) atoms. The van der Waals surface area contributed by atoms with Crippen molar-refractivity contribution in [2.45, 2.75) is 50.0 Å². The van der Waals surface area contributed by atoms with Gasteiger partial charge < -0.3 is 14.2 Å². The first kappa shape index (κ1) is 28.8. The van der Waals surface area contributed by atoms with Crippen molar-refractivity contribution < 1.29 is 66.4 Å². The molecule has 2 aromatic carbocycles. The van der Waals surface area contributed by atoms with Gasteiger partial charge in [0, 0.05) is 30.4 Å². The van der Waals surface area contributed by atoms with Crippen LogP contribution in [-0.2, 0) is 40.6 Å². The minimum Gasteiger partial charge on any atom is -0.747 e. The number of nitrogens with zero attached hydrogens (tertiary/aromatic N) is 1. The molecule has 2 unspecified atom stereocenters. The molecule has 2 aromatic rings. The maximum Gasteiger partial charge on any atom is 1.00 e. The van der Waals surface area contributed by atoms with E-state index in [2.05, 4.69) is 11.8 Å². The van der Waals surface area contributed by atoms with Gasteiger partial charge in [-0.2, -0.15) is 0 Å². The SMILES string of the molecule is O=C(CCCCC(=O)N1Cc2ccccc2C#Cc2ccccc21)OC1C(=O)CC(S(=O)(=O)[O-])C1=O.[Na+]. The number of benzene rings is 2. The average Bonchev–Trinajstić information content (AvgIpc) is 3.12. The summed E-state index contributed by atoms with van der Waals surface area (Å²) in [7, 11) is -5.00. The topological polar surface area (TPSA) is 138 Å². The molecule has 0 N–H and O–H groups in total. The molecule has 1 heterocycles. The van der Waals surface area contributed by atoms with Crippen LogP contribution in [0.2, 0.25) is 0 Å². The molecule has 0 saturated heterocycles. The van der Waals surface area contributed by atoms with E-state index >= 15 is 0 Å². The summed E-state index contributed by atoms with van der Waals surface area (Å²) in [6, 6.07) is 15.0. The monoisotopic (exact) mass is 531 g/mol. The third kappa shape index (κ3) is 6.74. The largest absolute Gasteiger partial charge is 1.00 e. The molecule has 1 aliphatic carbocycles. The van der Waals surface area contributed by atoms with Gasteiger partial charge in [-0.25, -0.2) is 8.42 Å². The van der Waals surface area contributed by atoms with Gasteiger partial charge in [0.05, 0.1) is 12.2 Å². The number of para-hydroxylation sites is 1. The van der Waals surface area contributed by atoms with Crippen LogP contribution in [0.3, 0.4) is 0 Å². The van der Waals surface area contributed by atoms with Crippen LogP contribution in [0.15, 0.2) is 48.5 Å². The minimum atomic E-state index is -5.00.